The van der Waals surface area contributed by atoms with Gasteiger partial charge in [-0.25, -0.2) is 0 Å². The molecule has 0 fully saturated rings. The lowest BCUT2D eigenvalue weighted by Gasteiger charge is -2.15. The summed E-state index contributed by atoms with van der Waals surface area (Å²) in [5, 5.41) is 10.8. The minimum Gasteiger partial charge on any atom is -0.446 e. The molecule has 9 heteroatoms. The molecule has 1 rings (SSSR count). The molecule has 3 N–H and O–H groups in total. The Hall–Kier alpha value is -2.60. The number of alkyl halides is 3. The van der Waals surface area contributed by atoms with Gasteiger partial charge < -0.3 is 15.8 Å². The Morgan fingerprint density at radius 1 is 1.19 bits per heavy atom. The van der Waals surface area contributed by atoms with Crippen LogP contribution in [-0.4, -0.2) is 36.7 Å². The zero-order valence-corrected chi connectivity index (χ0v) is 14.7. The SMILES string of the molecule is N#CC(CCc1ccccc1)OC(=O)[C@@H](N)CCCCNC(=O)C(F)(F)F. The van der Waals surface area contributed by atoms with Gasteiger partial charge in [0.2, 0.25) is 0 Å². The Morgan fingerprint density at radius 3 is 2.44 bits per heavy atom. The first-order chi connectivity index (χ1) is 12.7. The number of carbonyl (C=O) groups excluding carboxylic acids is 2. The fraction of sp³-hybridized carbons (Fsp3) is 0.500. The van der Waals surface area contributed by atoms with Gasteiger partial charge in [-0.3, -0.25) is 9.59 Å². The van der Waals surface area contributed by atoms with E-state index >= 15 is 0 Å². The van der Waals surface area contributed by atoms with Crippen LogP contribution in [0, 0.1) is 11.3 Å². The predicted octanol–water partition coefficient (Wildman–Crippen LogP) is 2.23. The number of nitrogens with two attached hydrogens (primary N) is 1. The van der Waals surface area contributed by atoms with Gasteiger partial charge in [0.15, 0.2) is 6.10 Å². The minimum atomic E-state index is -4.91. The summed E-state index contributed by atoms with van der Waals surface area (Å²) in [6, 6.07) is 10.4. The molecule has 6 nitrogen and oxygen atoms in total. The Morgan fingerprint density at radius 2 is 1.85 bits per heavy atom. The molecule has 0 saturated carbocycles. The highest BCUT2D eigenvalue weighted by atomic mass is 19.4. The highest BCUT2D eigenvalue weighted by Gasteiger charge is 2.38. The first kappa shape index (κ1) is 22.4. The van der Waals surface area contributed by atoms with Gasteiger partial charge in [-0.15, -0.1) is 0 Å². The number of hydrogen-bond acceptors (Lipinski definition) is 5. The molecule has 2 atom stereocenters. The number of rotatable bonds is 10. The number of hydrogen-bond donors (Lipinski definition) is 2. The first-order valence-electron chi connectivity index (χ1n) is 8.48. The largest absolute Gasteiger partial charge is 0.471 e. The standard InChI is InChI=1S/C18H22F3N3O3/c19-18(20,21)17(26)24-11-5-4-8-15(23)16(25)27-14(12-22)10-9-13-6-2-1-3-7-13/h1-3,6-7,14-15H,4-5,8-11,23H2,(H,24,26)/t14?,15-/m0/s1. The van der Waals surface area contributed by atoms with Crippen LogP contribution in [-0.2, 0) is 20.7 Å². The van der Waals surface area contributed by atoms with Crippen molar-refractivity contribution in [1.29, 1.82) is 5.26 Å². The molecule has 0 aliphatic carbocycles. The maximum atomic E-state index is 12.0. The molecule has 1 unspecified atom stereocenters. The van der Waals surface area contributed by atoms with Crippen molar-refractivity contribution in [3.8, 4) is 6.07 Å². The molecule has 27 heavy (non-hydrogen) atoms. The van der Waals surface area contributed by atoms with Crippen LogP contribution >= 0.6 is 0 Å². The zero-order chi connectivity index (χ0) is 20.3. The molecule has 0 radical (unpaired) electrons. The van der Waals surface area contributed by atoms with E-state index in [0.29, 0.717) is 19.3 Å². The van der Waals surface area contributed by atoms with Crippen molar-refractivity contribution < 1.29 is 27.5 Å². The number of ether oxygens (including phenoxy) is 1. The predicted molar refractivity (Wildman–Crippen MR) is 91.1 cm³/mol. The van der Waals surface area contributed by atoms with Crippen molar-refractivity contribution >= 4 is 11.9 Å². The van der Waals surface area contributed by atoms with Crippen molar-refractivity contribution in [3.63, 3.8) is 0 Å². The van der Waals surface area contributed by atoms with Gasteiger partial charge in [0, 0.05) is 13.0 Å². The van der Waals surface area contributed by atoms with E-state index in [1.165, 1.54) is 0 Å². The molecule has 0 aromatic heterocycles. The van der Waals surface area contributed by atoms with Crippen LogP contribution in [0.25, 0.3) is 0 Å². The van der Waals surface area contributed by atoms with Crippen LogP contribution in [0.15, 0.2) is 30.3 Å². The quantitative estimate of drug-likeness (QED) is 0.475. The number of amides is 1. The number of nitriles is 1. The van der Waals surface area contributed by atoms with Crippen LogP contribution in [0.1, 0.15) is 31.2 Å². The zero-order valence-electron chi connectivity index (χ0n) is 14.7. The second-order valence-electron chi connectivity index (χ2n) is 5.93. The molecule has 0 heterocycles. The van der Waals surface area contributed by atoms with Crippen molar-refractivity contribution in [3.05, 3.63) is 35.9 Å². The van der Waals surface area contributed by atoms with Crippen LogP contribution in [0.5, 0.6) is 0 Å². The van der Waals surface area contributed by atoms with E-state index in [-0.39, 0.29) is 19.4 Å². The van der Waals surface area contributed by atoms with Crippen molar-refractivity contribution in [1.82, 2.24) is 5.32 Å². The van der Waals surface area contributed by atoms with E-state index in [9.17, 15) is 22.8 Å². The summed E-state index contributed by atoms with van der Waals surface area (Å²) in [5.74, 6) is -2.73. The van der Waals surface area contributed by atoms with Gasteiger partial charge in [-0.05, 0) is 31.2 Å². The number of aryl methyl sites for hydroxylation is 1. The van der Waals surface area contributed by atoms with Crippen molar-refractivity contribution in [2.24, 2.45) is 5.73 Å². The molecule has 0 bridgehead atoms. The summed E-state index contributed by atoms with van der Waals surface area (Å²) >= 11 is 0. The molecule has 0 spiro atoms. The van der Waals surface area contributed by atoms with Gasteiger partial charge in [0.1, 0.15) is 12.1 Å². The smallest absolute Gasteiger partial charge is 0.446 e. The molecule has 1 amide bonds. The number of benzene rings is 1. The van der Waals surface area contributed by atoms with Crippen LogP contribution < -0.4 is 11.1 Å². The third-order valence-electron chi connectivity index (χ3n) is 3.73. The Balaban J connectivity index is 2.26. The van der Waals surface area contributed by atoms with E-state index in [0.717, 1.165) is 5.56 Å². The lowest BCUT2D eigenvalue weighted by Crippen LogP contribution is -2.37. The Kier molecular flexibility index (Phi) is 9.30. The normalized spacial score (nSPS) is 13.3. The number of halogens is 3. The van der Waals surface area contributed by atoms with Crippen LogP contribution in [0.4, 0.5) is 13.2 Å². The topological polar surface area (TPSA) is 105 Å². The van der Waals surface area contributed by atoms with E-state index in [4.69, 9.17) is 15.7 Å². The molecule has 1 aromatic carbocycles. The van der Waals surface area contributed by atoms with Gasteiger partial charge in [0.05, 0.1) is 0 Å². The Bertz CT molecular complexity index is 645. The summed E-state index contributed by atoms with van der Waals surface area (Å²) < 4.78 is 41.1. The first-order valence-corrected chi connectivity index (χ1v) is 8.48. The van der Waals surface area contributed by atoms with Gasteiger partial charge in [-0.1, -0.05) is 30.3 Å². The fourth-order valence-electron chi connectivity index (χ4n) is 2.23. The van der Waals surface area contributed by atoms with Gasteiger partial charge in [0.25, 0.3) is 0 Å². The van der Waals surface area contributed by atoms with Crippen molar-refractivity contribution in [2.75, 3.05) is 6.54 Å². The average molecular weight is 385 g/mol. The van der Waals surface area contributed by atoms with Crippen LogP contribution in [0.3, 0.4) is 0 Å². The molecular formula is C18H22F3N3O3. The van der Waals surface area contributed by atoms with Gasteiger partial charge >= 0.3 is 18.1 Å². The molecule has 0 aliphatic rings. The average Bonchev–Trinajstić information content (AvgIpc) is 2.64. The lowest BCUT2D eigenvalue weighted by atomic mass is 10.1. The molecule has 148 valence electrons. The van der Waals surface area contributed by atoms with Crippen molar-refractivity contribution in [2.45, 2.75) is 50.4 Å². The molecular weight excluding hydrogens is 363 g/mol. The second-order valence-corrected chi connectivity index (χ2v) is 5.93. The van der Waals surface area contributed by atoms with Crippen LogP contribution in [0.2, 0.25) is 0 Å². The van der Waals surface area contributed by atoms with E-state index in [1.807, 2.05) is 36.4 Å². The minimum absolute atomic E-state index is 0.169. The number of nitrogens with zero attached hydrogens (tertiary/aromatic N) is 1. The third-order valence-corrected chi connectivity index (χ3v) is 3.73. The monoisotopic (exact) mass is 385 g/mol. The number of carbonyl (C=O) groups is 2. The van der Waals surface area contributed by atoms with E-state index < -0.39 is 30.2 Å². The maximum absolute atomic E-state index is 12.0. The lowest BCUT2D eigenvalue weighted by molar-refractivity contribution is -0.173. The second kappa shape index (κ2) is 11.2. The summed E-state index contributed by atoms with van der Waals surface area (Å²) in [6.07, 6.45) is -4.18. The number of unbranched alkanes of at least 4 members (excludes halogenated alkanes) is 1. The molecule has 0 saturated heterocycles. The number of esters is 1. The summed E-state index contributed by atoms with van der Waals surface area (Å²) in [7, 11) is 0. The third kappa shape index (κ3) is 9.06. The van der Waals surface area contributed by atoms with E-state index in [1.54, 1.807) is 5.32 Å². The highest BCUT2D eigenvalue weighted by Crippen LogP contribution is 2.14. The van der Waals surface area contributed by atoms with E-state index in [2.05, 4.69) is 0 Å². The molecule has 1 aromatic rings. The highest BCUT2D eigenvalue weighted by molar-refractivity contribution is 5.81. The summed E-state index contributed by atoms with van der Waals surface area (Å²) in [6.45, 7) is -0.169. The summed E-state index contributed by atoms with van der Waals surface area (Å²) in [5.41, 5.74) is 6.70. The summed E-state index contributed by atoms with van der Waals surface area (Å²) in [4.78, 5) is 22.5. The Labute approximate surface area is 155 Å². The molecule has 0 aliphatic heterocycles. The maximum Gasteiger partial charge on any atom is 0.471 e. The van der Waals surface area contributed by atoms with Gasteiger partial charge in [-0.2, -0.15) is 18.4 Å². The number of nitrogens with one attached hydrogen (secondary N) is 1. The fourth-order valence-corrected chi connectivity index (χ4v) is 2.23.